The zero-order valence-corrected chi connectivity index (χ0v) is 25.3. The number of rotatable bonds is 5. The van der Waals surface area contributed by atoms with E-state index in [0.717, 1.165) is 11.3 Å². The molecule has 7 rings (SSSR count). The van der Waals surface area contributed by atoms with E-state index < -0.39 is 12.0 Å². The first-order valence-electron chi connectivity index (χ1n) is 13.9. The molecule has 218 valence electrons. The van der Waals surface area contributed by atoms with Gasteiger partial charge >= 0.3 is 0 Å². The highest BCUT2D eigenvalue weighted by molar-refractivity contribution is 8.16. The summed E-state index contributed by atoms with van der Waals surface area (Å²) in [6.07, 6.45) is 0. The number of nitrogens with zero attached hydrogens (tertiary/aromatic N) is 6. The SMILES string of the molecule is CC1=NN(c2ccccc2)C(=O)C1C1=CSC2=Nc3nc(C)n(NC(=S)Nc4ccccc4)c(=O)c3C(c3ccccc3)N12. The fourth-order valence-corrected chi connectivity index (χ4v) is 6.73. The summed E-state index contributed by atoms with van der Waals surface area (Å²) in [5, 5.41) is 12.0. The Labute approximate surface area is 262 Å². The summed E-state index contributed by atoms with van der Waals surface area (Å²) in [7, 11) is 0. The number of fused-ring (bicyclic) bond motifs is 2. The second-order valence-electron chi connectivity index (χ2n) is 10.4. The Hall–Kier alpha value is -5.07. The lowest BCUT2D eigenvalue weighted by Crippen LogP contribution is -2.45. The first kappa shape index (κ1) is 27.7. The molecule has 0 aliphatic carbocycles. The van der Waals surface area contributed by atoms with E-state index in [1.165, 1.54) is 21.4 Å². The number of amides is 1. The average molecular weight is 619 g/mol. The number of benzene rings is 3. The summed E-state index contributed by atoms with van der Waals surface area (Å²) in [4.78, 5) is 39.8. The lowest BCUT2D eigenvalue weighted by atomic mass is 9.93. The Bertz CT molecular complexity index is 1940. The molecule has 2 unspecified atom stereocenters. The number of carbonyl (C=O) groups excluding carboxylic acids is 1. The predicted molar refractivity (Wildman–Crippen MR) is 179 cm³/mol. The Morgan fingerprint density at radius 3 is 2.27 bits per heavy atom. The molecular formula is C32H26N8O2S2. The summed E-state index contributed by atoms with van der Waals surface area (Å²) in [6.45, 7) is 3.58. The number of aromatic nitrogens is 2. The van der Waals surface area contributed by atoms with Gasteiger partial charge in [0.2, 0.25) is 0 Å². The van der Waals surface area contributed by atoms with Gasteiger partial charge in [0.1, 0.15) is 11.7 Å². The van der Waals surface area contributed by atoms with Crippen molar-refractivity contribution in [3.8, 4) is 0 Å². The van der Waals surface area contributed by atoms with Crippen LogP contribution in [0.25, 0.3) is 0 Å². The fraction of sp³-hybridized carbons (Fsp3) is 0.125. The van der Waals surface area contributed by atoms with Crippen LogP contribution in [0, 0.1) is 12.8 Å². The van der Waals surface area contributed by atoms with Crippen LogP contribution in [0.1, 0.15) is 29.9 Å². The second-order valence-corrected chi connectivity index (χ2v) is 11.6. The highest BCUT2D eigenvalue weighted by Crippen LogP contribution is 2.47. The van der Waals surface area contributed by atoms with Gasteiger partial charge in [0.05, 0.1) is 23.0 Å². The Kier molecular flexibility index (Phi) is 7.07. The number of anilines is 2. The van der Waals surface area contributed by atoms with Gasteiger partial charge in [0.25, 0.3) is 11.5 Å². The molecule has 2 N–H and O–H groups in total. The molecule has 0 fully saturated rings. The van der Waals surface area contributed by atoms with Gasteiger partial charge in [0, 0.05) is 11.4 Å². The minimum atomic E-state index is -0.649. The molecule has 1 amide bonds. The van der Waals surface area contributed by atoms with Crippen molar-refractivity contribution in [1.82, 2.24) is 14.6 Å². The Morgan fingerprint density at radius 2 is 1.57 bits per heavy atom. The van der Waals surface area contributed by atoms with E-state index in [2.05, 4.69) is 15.8 Å². The van der Waals surface area contributed by atoms with Crippen LogP contribution in [-0.4, -0.2) is 36.5 Å². The van der Waals surface area contributed by atoms with Crippen LogP contribution in [0.2, 0.25) is 0 Å². The van der Waals surface area contributed by atoms with Gasteiger partial charge in [0.15, 0.2) is 16.1 Å². The van der Waals surface area contributed by atoms with Gasteiger partial charge in [-0.05, 0) is 61.3 Å². The van der Waals surface area contributed by atoms with Crippen LogP contribution < -0.4 is 21.3 Å². The number of para-hydroxylation sites is 2. The minimum absolute atomic E-state index is 0.169. The molecule has 3 aliphatic rings. The third-order valence-electron chi connectivity index (χ3n) is 7.56. The summed E-state index contributed by atoms with van der Waals surface area (Å²) in [5.74, 6) is -0.0783. The van der Waals surface area contributed by atoms with Crippen LogP contribution in [0.4, 0.5) is 17.2 Å². The second kappa shape index (κ2) is 11.2. The quantitative estimate of drug-likeness (QED) is 0.282. The maximum Gasteiger partial charge on any atom is 0.280 e. The number of aliphatic imine (C=N–C) groups is 1. The first-order valence-corrected chi connectivity index (χ1v) is 15.2. The molecule has 44 heavy (non-hydrogen) atoms. The largest absolute Gasteiger partial charge is 0.331 e. The molecule has 1 aromatic heterocycles. The molecule has 0 radical (unpaired) electrons. The number of hydrogen-bond acceptors (Lipinski definition) is 8. The highest BCUT2D eigenvalue weighted by atomic mass is 32.2. The van der Waals surface area contributed by atoms with E-state index in [1.807, 2.05) is 108 Å². The number of thiocarbonyl (C=S) groups is 1. The Balaban J connectivity index is 1.29. The third-order valence-corrected chi connectivity index (χ3v) is 8.61. The van der Waals surface area contributed by atoms with Gasteiger partial charge in [-0.3, -0.25) is 15.0 Å². The predicted octanol–water partition coefficient (Wildman–Crippen LogP) is 5.51. The van der Waals surface area contributed by atoms with Crippen LogP contribution in [-0.2, 0) is 4.79 Å². The standard InChI is InChI=1S/C32H26N8O2S2/c1-19-25(29(41)40(36-19)23-16-10-5-11-17-23)24-18-44-32-35-28-26(27(38(24)32)21-12-6-3-7-13-21)30(42)39(20(2)33-28)37-31(43)34-22-14-8-4-9-15-22/h3-18,25,27H,1-2H3,(H2,34,37,43). The van der Waals surface area contributed by atoms with E-state index >= 15 is 0 Å². The van der Waals surface area contributed by atoms with Crippen molar-refractivity contribution in [3.63, 3.8) is 0 Å². The summed E-state index contributed by atoms with van der Waals surface area (Å²) in [6, 6.07) is 27.9. The molecule has 4 aromatic rings. The van der Waals surface area contributed by atoms with E-state index in [9.17, 15) is 9.59 Å². The maximum absolute atomic E-state index is 14.3. The minimum Gasteiger partial charge on any atom is -0.331 e. The van der Waals surface area contributed by atoms with Crippen molar-refractivity contribution in [3.05, 3.63) is 129 Å². The van der Waals surface area contributed by atoms with Crippen molar-refractivity contribution in [1.29, 1.82) is 0 Å². The molecule has 0 saturated carbocycles. The number of hydrogen-bond donors (Lipinski definition) is 2. The van der Waals surface area contributed by atoms with Crippen molar-refractivity contribution < 1.29 is 4.79 Å². The smallest absolute Gasteiger partial charge is 0.280 e. The van der Waals surface area contributed by atoms with Crippen LogP contribution in [0.3, 0.4) is 0 Å². The van der Waals surface area contributed by atoms with E-state index in [0.29, 0.717) is 39.5 Å². The monoisotopic (exact) mass is 618 g/mol. The molecule has 2 atom stereocenters. The number of nitrogens with one attached hydrogen (secondary N) is 2. The summed E-state index contributed by atoms with van der Waals surface area (Å²) < 4.78 is 1.34. The molecule has 10 nitrogen and oxygen atoms in total. The molecule has 0 spiro atoms. The van der Waals surface area contributed by atoms with Crippen LogP contribution in [0.5, 0.6) is 0 Å². The molecule has 4 heterocycles. The molecular weight excluding hydrogens is 593 g/mol. The lowest BCUT2D eigenvalue weighted by molar-refractivity contribution is -0.119. The van der Waals surface area contributed by atoms with Crippen LogP contribution in [0.15, 0.2) is 117 Å². The summed E-state index contributed by atoms with van der Waals surface area (Å²) in [5.41, 5.74) is 6.73. The van der Waals surface area contributed by atoms with Gasteiger partial charge in [-0.15, -0.1) is 0 Å². The highest BCUT2D eigenvalue weighted by Gasteiger charge is 2.47. The number of amidine groups is 1. The zero-order chi connectivity index (χ0) is 30.4. The maximum atomic E-state index is 14.3. The van der Waals surface area contributed by atoms with Gasteiger partial charge in [-0.1, -0.05) is 78.5 Å². The topological polar surface area (TPSA) is 107 Å². The third kappa shape index (κ3) is 4.77. The van der Waals surface area contributed by atoms with Gasteiger partial charge in [-0.25, -0.2) is 14.7 Å². The molecule has 0 saturated heterocycles. The number of aryl methyl sites for hydroxylation is 1. The number of hydrazone groups is 1. The number of thioether (sulfide) groups is 1. The van der Waals surface area contributed by atoms with Gasteiger partial charge in [-0.2, -0.15) is 10.1 Å². The van der Waals surface area contributed by atoms with Crippen LogP contribution >= 0.6 is 24.0 Å². The molecule has 3 aromatic carbocycles. The first-order chi connectivity index (χ1) is 21.4. The lowest BCUT2D eigenvalue weighted by Gasteiger charge is -2.36. The molecule has 3 aliphatic heterocycles. The number of carbonyl (C=O) groups is 1. The van der Waals surface area contributed by atoms with E-state index in [1.54, 1.807) is 6.92 Å². The molecule has 12 heteroatoms. The summed E-state index contributed by atoms with van der Waals surface area (Å²) >= 11 is 6.95. The van der Waals surface area contributed by atoms with Crippen molar-refractivity contribution in [2.45, 2.75) is 19.9 Å². The van der Waals surface area contributed by atoms with Gasteiger partial charge < -0.3 is 10.2 Å². The fourth-order valence-electron chi connectivity index (χ4n) is 5.58. The van der Waals surface area contributed by atoms with Crippen molar-refractivity contribution >= 4 is 63.1 Å². The van der Waals surface area contributed by atoms with Crippen molar-refractivity contribution in [2.24, 2.45) is 16.0 Å². The average Bonchev–Trinajstić information content (AvgIpc) is 3.58. The Morgan fingerprint density at radius 1 is 0.909 bits per heavy atom. The molecule has 0 bridgehead atoms. The normalized spacial score (nSPS) is 18.7. The zero-order valence-electron chi connectivity index (χ0n) is 23.7. The van der Waals surface area contributed by atoms with Crippen molar-refractivity contribution in [2.75, 3.05) is 15.8 Å². The van der Waals surface area contributed by atoms with E-state index in [-0.39, 0.29) is 16.6 Å². The van der Waals surface area contributed by atoms with E-state index in [4.69, 9.17) is 22.2 Å².